The predicted molar refractivity (Wildman–Crippen MR) is 119 cm³/mol. The maximum atomic E-state index is 11.8. The highest BCUT2D eigenvalue weighted by Gasteiger charge is 2.13. The molecule has 1 aromatic rings. The Labute approximate surface area is 176 Å². The van der Waals surface area contributed by atoms with Crippen LogP contribution in [0.4, 0.5) is 11.4 Å². The molecule has 1 rings (SSSR count). The smallest absolute Gasteiger partial charge is 0.269 e. The van der Waals surface area contributed by atoms with E-state index in [4.69, 9.17) is 0 Å². The molecule has 27 heavy (non-hydrogen) atoms. The van der Waals surface area contributed by atoms with Crippen molar-refractivity contribution in [2.45, 2.75) is 33.2 Å². The summed E-state index contributed by atoms with van der Waals surface area (Å²) >= 11 is 0. The summed E-state index contributed by atoms with van der Waals surface area (Å²) in [6.07, 6.45) is 0. The second-order valence-electron chi connectivity index (χ2n) is 6.65. The van der Waals surface area contributed by atoms with Crippen molar-refractivity contribution >= 4 is 47.2 Å². The van der Waals surface area contributed by atoms with Crippen LogP contribution in [0.3, 0.4) is 0 Å². The van der Waals surface area contributed by atoms with E-state index in [9.17, 15) is 14.9 Å². The third-order valence-electron chi connectivity index (χ3n) is 3.06. The van der Waals surface area contributed by atoms with Crippen LogP contribution in [0.2, 0.25) is 0 Å². The topological polar surface area (TPSA) is 121 Å². The molecular formula is C17H29IN6O3. The summed E-state index contributed by atoms with van der Waals surface area (Å²) in [4.78, 5) is 26.3. The van der Waals surface area contributed by atoms with Gasteiger partial charge in [0, 0.05) is 43.0 Å². The Morgan fingerprint density at radius 1 is 1.15 bits per heavy atom. The minimum atomic E-state index is -0.430. The SMILES string of the molecule is CCNC(=NCC(=O)NC(C)(C)C)NCCNc1ccc([N+](=O)[O-])cc1.I. The van der Waals surface area contributed by atoms with Crippen molar-refractivity contribution in [3.05, 3.63) is 34.4 Å². The average Bonchev–Trinajstić information content (AvgIpc) is 2.55. The number of rotatable bonds is 8. The normalized spacial score (nSPS) is 11.2. The molecule has 0 spiro atoms. The number of nitrogens with zero attached hydrogens (tertiary/aromatic N) is 2. The van der Waals surface area contributed by atoms with Crippen molar-refractivity contribution < 1.29 is 9.72 Å². The summed E-state index contributed by atoms with van der Waals surface area (Å²) in [6.45, 7) is 9.60. The van der Waals surface area contributed by atoms with E-state index in [1.165, 1.54) is 12.1 Å². The van der Waals surface area contributed by atoms with Gasteiger partial charge in [0.05, 0.1) is 4.92 Å². The van der Waals surface area contributed by atoms with Crippen molar-refractivity contribution in [1.82, 2.24) is 16.0 Å². The maximum absolute atomic E-state index is 11.8. The molecule has 0 aliphatic heterocycles. The lowest BCUT2D eigenvalue weighted by atomic mass is 10.1. The second kappa shape index (κ2) is 12.3. The van der Waals surface area contributed by atoms with Crippen LogP contribution in [-0.4, -0.2) is 48.5 Å². The van der Waals surface area contributed by atoms with Crippen molar-refractivity contribution in [3.63, 3.8) is 0 Å². The number of halogens is 1. The number of carbonyl (C=O) groups excluding carboxylic acids is 1. The number of anilines is 1. The molecule has 0 aromatic heterocycles. The number of non-ortho nitro benzene ring substituents is 1. The van der Waals surface area contributed by atoms with Crippen LogP contribution in [0.25, 0.3) is 0 Å². The second-order valence-corrected chi connectivity index (χ2v) is 6.65. The van der Waals surface area contributed by atoms with E-state index in [-0.39, 0.29) is 47.7 Å². The van der Waals surface area contributed by atoms with E-state index < -0.39 is 4.92 Å². The van der Waals surface area contributed by atoms with Gasteiger partial charge in [0.25, 0.3) is 5.69 Å². The van der Waals surface area contributed by atoms with E-state index in [2.05, 4.69) is 26.3 Å². The van der Waals surface area contributed by atoms with E-state index in [0.717, 1.165) is 5.69 Å². The molecule has 0 radical (unpaired) electrons. The zero-order valence-corrected chi connectivity index (χ0v) is 18.5. The Hall–Kier alpha value is -2.11. The first-order valence-electron chi connectivity index (χ1n) is 8.53. The first-order chi connectivity index (χ1) is 12.2. The Kier molecular flexibility index (Phi) is 11.3. The number of nitrogens with one attached hydrogen (secondary N) is 4. The van der Waals surface area contributed by atoms with Gasteiger partial charge in [-0.1, -0.05) is 0 Å². The van der Waals surface area contributed by atoms with Gasteiger partial charge in [-0.15, -0.1) is 24.0 Å². The summed E-state index contributed by atoms with van der Waals surface area (Å²) in [6, 6.07) is 6.23. The fourth-order valence-electron chi connectivity index (χ4n) is 2.04. The molecule has 0 saturated carbocycles. The van der Waals surface area contributed by atoms with E-state index >= 15 is 0 Å². The third-order valence-corrected chi connectivity index (χ3v) is 3.06. The fourth-order valence-corrected chi connectivity index (χ4v) is 2.04. The number of benzene rings is 1. The van der Waals surface area contributed by atoms with Crippen LogP contribution in [0.5, 0.6) is 0 Å². The van der Waals surface area contributed by atoms with Gasteiger partial charge < -0.3 is 21.3 Å². The molecule has 1 amide bonds. The number of hydrogen-bond donors (Lipinski definition) is 4. The van der Waals surface area contributed by atoms with Gasteiger partial charge in [0.1, 0.15) is 6.54 Å². The third kappa shape index (κ3) is 11.3. The molecule has 0 fully saturated rings. The highest BCUT2D eigenvalue weighted by atomic mass is 127. The number of nitro groups is 1. The number of guanidine groups is 1. The molecule has 0 aliphatic carbocycles. The molecular weight excluding hydrogens is 463 g/mol. The van der Waals surface area contributed by atoms with Crippen LogP contribution in [0.1, 0.15) is 27.7 Å². The lowest BCUT2D eigenvalue weighted by molar-refractivity contribution is -0.384. The average molecular weight is 492 g/mol. The molecule has 152 valence electrons. The number of carbonyl (C=O) groups is 1. The molecule has 0 bridgehead atoms. The first-order valence-corrected chi connectivity index (χ1v) is 8.53. The molecule has 10 heteroatoms. The molecule has 0 saturated heterocycles. The monoisotopic (exact) mass is 492 g/mol. The van der Waals surface area contributed by atoms with E-state index in [1.54, 1.807) is 12.1 Å². The van der Waals surface area contributed by atoms with Crippen LogP contribution < -0.4 is 21.3 Å². The summed E-state index contributed by atoms with van der Waals surface area (Å²) in [5.74, 6) is 0.417. The lowest BCUT2D eigenvalue weighted by Crippen LogP contribution is -2.43. The quantitative estimate of drug-likeness (QED) is 0.110. The Morgan fingerprint density at radius 2 is 1.78 bits per heavy atom. The summed E-state index contributed by atoms with van der Waals surface area (Å²) in [5, 5.41) is 22.8. The molecule has 0 aliphatic rings. The van der Waals surface area contributed by atoms with Crippen LogP contribution in [0.15, 0.2) is 29.3 Å². The van der Waals surface area contributed by atoms with Crippen LogP contribution in [0, 0.1) is 10.1 Å². The lowest BCUT2D eigenvalue weighted by Gasteiger charge is -2.20. The van der Waals surface area contributed by atoms with Crippen molar-refractivity contribution in [1.29, 1.82) is 0 Å². The number of nitro benzene ring substituents is 1. The van der Waals surface area contributed by atoms with Crippen LogP contribution in [-0.2, 0) is 4.79 Å². The van der Waals surface area contributed by atoms with Gasteiger partial charge in [-0.2, -0.15) is 0 Å². The minimum absolute atomic E-state index is 0. The first kappa shape index (κ1) is 24.9. The summed E-state index contributed by atoms with van der Waals surface area (Å²) in [7, 11) is 0. The molecule has 0 atom stereocenters. The number of aliphatic imine (C=N–C) groups is 1. The molecule has 9 nitrogen and oxygen atoms in total. The van der Waals surface area contributed by atoms with E-state index in [0.29, 0.717) is 25.6 Å². The van der Waals surface area contributed by atoms with Crippen LogP contribution >= 0.6 is 24.0 Å². The fraction of sp³-hybridized carbons (Fsp3) is 0.529. The number of amides is 1. The van der Waals surface area contributed by atoms with Gasteiger partial charge in [0.2, 0.25) is 5.91 Å². The standard InChI is InChI=1S/C17H28N6O3.HI/c1-5-18-16(21-12-15(24)22-17(2,3)4)20-11-10-19-13-6-8-14(9-7-13)23(25)26;/h6-9,19H,5,10-12H2,1-4H3,(H,22,24)(H2,18,20,21);1H. The molecule has 0 unspecified atom stereocenters. The highest BCUT2D eigenvalue weighted by molar-refractivity contribution is 14.0. The minimum Gasteiger partial charge on any atom is -0.383 e. The zero-order valence-electron chi connectivity index (χ0n) is 16.2. The Balaban J connectivity index is 0.00000676. The van der Waals surface area contributed by atoms with E-state index in [1.807, 2.05) is 27.7 Å². The Morgan fingerprint density at radius 3 is 2.30 bits per heavy atom. The molecule has 0 heterocycles. The van der Waals surface area contributed by atoms with Gasteiger partial charge >= 0.3 is 0 Å². The Bertz CT molecular complexity index is 629. The van der Waals surface area contributed by atoms with Gasteiger partial charge in [-0.3, -0.25) is 14.9 Å². The largest absolute Gasteiger partial charge is 0.383 e. The van der Waals surface area contributed by atoms with Crippen molar-refractivity contribution in [2.75, 3.05) is 31.5 Å². The highest BCUT2D eigenvalue weighted by Crippen LogP contribution is 2.14. The summed E-state index contributed by atoms with van der Waals surface area (Å²) < 4.78 is 0. The van der Waals surface area contributed by atoms with Crippen molar-refractivity contribution in [2.24, 2.45) is 4.99 Å². The molecule has 1 aromatic carbocycles. The number of hydrogen-bond acceptors (Lipinski definition) is 5. The molecule has 4 N–H and O–H groups in total. The van der Waals surface area contributed by atoms with Gasteiger partial charge in [0.15, 0.2) is 5.96 Å². The van der Waals surface area contributed by atoms with Gasteiger partial charge in [-0.05, 0) is 39.8 Å². The van der Waals surface area contributed by atoms with Crippen molar-refractivity contribution in [3.8, 4) is 0 Å². The maximum Gasteiger partial charge on any atom is 0.269 e. The van der Waals surface area contributed by atoms with Gasteiger partial charge in [-0.25, -0.2) is 4.99 Å². The predicted octanol–water partition coefficient (Wildman–Crippen LogP) is 2.09. The zero-order chi connectivity index (χ0) is 19.6. The summed E-state index contributed by atoms with van der Waals surface area (Å²) in [5.41, 5.74) is 0.570.